The normalized spacial score (nSPS) is 15.2. The monoisotopic (exact) mass is 427 g/mol. The molecule has 0 saturated heterocycles. The van der Waals surface area contributed by atoms with Crippen molar-refractivity contribution in [2.45, 2.75) is 58.0 Å². The van der Waals surface area contributed by atoms with Crippen LogP contribution in [-0.4, -0.2) is 27.2 Å². The van der Waals surface area contributed by atoms with Gasteiger partial charge in [-0.2, -0.15) is 0 Å². The molecule has 0 radical (unpaired) electrons. The lowest BCUT2D eigenvalue weighted by atomic mass is 9.94. The summed E-state index contributed by atoms with van der Waals surface area (Å²) >= 11 is 0. The third kappa shape index (κ3) is 6.19. The zero-order valence-corrected chi connectivity index (χ0v) is 18.0. The Kier molecular flexibility index (Phi) is 10.5. The SMILES string of the molecule is CC(C(=O)NCCCc1nnc2n1CCCCC2)C(N)c1ccccc1.Cl.Cl. The highest BCUT2D eigenvalue weighted by atomic mass is 35.5. The molecule has 0 saturated carbocycles. The maximum atomic E-state index is 12.4. The van der Waals surface area contributed by atoms with Gasteiger partial charge in [0.15, 0.2) is 0 Å². The second-order valence-corrected chi connectivity index (χ2v) is 7.11. The number of benzene rings is 1. The molecule has 0 fully saturated rings. The Hall–Kier alpha value is -1.63. The van der Waals surface area contributed by atoms with E-state index < -0.39 is 0 Å². The number of aromatic nitrogens is 3. The van der Waals surface area contributed by atoms with E-state index in [1.807, 2.05) is 37.3 Å². The van der Waals surface area contributed by atoms with E-state index >= 15 is 0 Å². The first-order chi connectivity index (χ1) is 12.7. The number of nitrogens with zero attached hydrogens (tertiary/aromatic N) is 3. The topological polar surface area (TPSA) is 85.8 Å². The van der Waals surface area contributed by atoms with Crippen LogP contribution in [0, 0.1) is 5.92 Å². The number of amides is 1. The molecule has 1 amide bonds. The Balaban J connectivity index is 0.00000196. The van der Waals surface area contributed by atoms with Gasteiger partial charge in [-0.05, 0) is 24.8 Å². The summed E-state index contributed by atoms with van der Waals surface area (Å²) < 4.78 is 2.27. The number of aryl methyl sites for hydroxylation is 2. The molecule has 1 aromatic carbocycles. The molecule has 6 nitrogen and oxygen atoms in total. The molecule has 0 bridgehead atoms. The van der Waals surface area contributed by atoms with E-state index in [2.05, 4.69) is 20.1 Å². The molecule has 2 aromatic rings. The zero-order chi connectivity index (χ0) is 18.4. The van der Waals surface area contributed by atoms with Crippen LogP contribution < -0.4 is 11.1 Å². The number of fused-ring (bicyclic) bond motifs is 1. The Morgan fingerprint density at radius 2 is 1.93 bits per heavy atom. The van der Waals surface area contributed by atoms with Crippen molar-refractivity contribution in [3.63, 3.8) is 0 Å². The van der Waals surface area contributed by atoms with Gasteiger partial charge in [-0.25, -0.2) is 0 Å². The second-order valence-electron chi connectivity index (χ2n) is 7.11. The van der Waals surface area contributed by atoms with Gasteiger partial charge in [-0.1, -0.05) is 43.7 Å². The third-order valence-electron chi connectivity index (χ3n) is 5.20. The number of rotatable bonds is 7. The molecule has 1 aliphatic rings. The van der Waals surface area contributed by atoms with Gasteiger partial charge in [0.25, 0.3) is 0 Å². The van der Waals surface area contributed by atoms with E-state index in [4.69, 9.17) is 5.73 Å². The minimum absolute atomic E-state index is 0. The van der Waals surface area contributed by atoms with Gasteiger partial charge in [0.1, 0.15) is 11.6 Å². The summed E-state index contributed by atoms with van der Waals surface area (Å²) in [6, 6.07) is 9.48. The smallest absolute Gasteiger partial charge is 0.224 e. The van der Waals surface area contributed by atoms with Gasteiger partial charge in [0.05, 0.1) is 5.92 Å². The predicted molar refractivity (Wildman–Crippen MR) is 116 cm³/mol. The average molecular weight is 428 g/mol. The summed E-state index contributed by atoms with van der Waals surface area (Å²) in [7, 11) is 0. The summed E-state index contributed by atoms with van der Waals surface area (Å²) in [6.45, 7) is 3.53. The van der Waals surface area contributed by atoms with Crippen molar-refractivity contribution in [1.29, 1.82) is 0 Å². The maximum absolute atomic E-state index is 12.4. The molecule has 2 heterocycles. The first kappa shape index (κ1) is 24.4. The van der Waals surface area contributed by atoms with Crippen molar-refractivity contribution in [2.75, 3.05) is 6.54 Å². The van der Waals surface area contributed by atoms with Crippen molar-refractivity contribution < 1.29 is 4.79 Å². The Bertz CT molecular complexity index is 723. The number of hydrogen-bond acceptors (Lipinski definition) is 4. The zero-order valence-electron chi connectivity index (χ0n) is 16.3. The van der Waals surface area contributed by atoms with E-state index in [9.17, 15) is 4.79 Å². The summed E-state index contributed by atoms with van der Waals surface area (Å²) in [5.41, 5.74) is 7.22. The Labute approximate surface area is 179 Å². The molecule has 3 N–H and O–H groups in total. The second kappa shape index (κ2) is 12.0. The van der Waals surface area contributed by atoms with E-state index in [1.54, 1.807) is 0 Å². The molecule has 1 aromatic heterocycles. The van der Waals surface area contributed by atoms with Gasteiger partial charge in [0, 0.05) is 32.0 Å². The summed E-state index contributed by atoms with van der Waals surface area (Å²) in [4.78, 5) is 12.4. The number of halogens is 2. The van der Waals surface area contributed by atoms with Crippen LogP contribution >= 0.6 is 24.8 Å². The van der Waals surface area contributed by atoms with E-state index in [1.165, 1.54) is 19.3 Å². The van der Waals surface area contributed by atoms with Gasteiger partial charge in [0.2, 0.25) is 5.91 Å². The molecule has 2 unspecified atom stereocenters. The number of carbonyl (C=O) groups is 1. The van der Waals surface area contributed by atoms with Crippen LogP contribution in [0.4, 0.5) is 0 Å². The van der Waals surface area contributed by atoms with Gasteiger partial charge in [-0.15, -0.1) is 35.0 Å². The first-order valence-corrected chi connectivity index (χ1v) is 9.66. The highest BCUT2D eigenvalue weighted by Gasteiger charge is 2.21. The maximum Gasteiger partial charge on any atom is 0.224 e. The van der Waals surface area contributed by atoms with Crippen molar-refractivity contribution in [3.8, 4) is 0 Å². The number of carbonyl (C=O) groups excluding carboxylic acids is 1. The summed E-state index contributed by atoms with van der Waals surface area (Å²) in [5.74, 6) is 1.90. The van der Waals surface area contributed by atoms with Crippen LogP contribution in [0.25, 0.3) is 0 Å². The average Bonchev–Trinajstić information content (AvgIpc) is 2.90. The van der Waals surface area contributed by atoms with Crippen molar-refractivity contribution >= 4 is 30.7 Å². The van der Waals surface area contributed by atoms with Gasteiger partial charge in [-0.3, -0.25) is 4.79 Å². The first-order valence-electron chi connectivity index (χ1n) is 9.66. The van der Waals surface area contributed by atoms with Crippen molar-refractivity contribution in [2.24, 2.45) is 11.7 Å². The molecule has 2 atom stereocenters. The fourth-order valence-electron chi connectivity index (χ4n) is 3.48. The number of nitrogens with two attached hydrogens (primary N) is 1. The fraction of sp³-hybridized carbons (Fsp3) is 0.550. The Morgan fingerprint density at radius 3 is 2.68 bits per heavy atom. The molecule has 8 heteroatoms. The van der Waals surface area contributed by atoms with Crippen LogP contribution in [0.1, 0.15) is 55.9 Å². The molecule has 1 aliphatic heterocycles. The number of hydrogen-bond donors (Lipinski definition) is 2. The molecule has 28 heavy (non-hydrogen) atoms. The Morgan fingerprint density at radius 1 is 1.18 bits per heavy atom. The molecule has 0 spiro atoms. The summed E-state index contributed by atoms with van der Waals surface area (Å²) in [5, 5.41) is 11.7. The highest BCUT2D eigenvalue weighted by Crippen LogP contribution is 2.19. The summed E-state index contributed by atoms with van der Waals surface area (Å²) in [6.07, 6.45) is 6.39. The lowest BCUT2D eigenvalue weighted by molar-refractivity contribution is -0.125. The van der Waals surface area contributed by atoms with Crippen LogP contribution in [-0.2, 0) is 24.2 Å². The quantitative estimate of drug-likeness (QED) is 0.663. The van der Waals surface area contributed by atoms with Crippen LogP contribution in [0.2, 0.25) is 0 Å². The third-order valence-corrected chi connectivity index (χ3v) is 5.20. The molecular weight excluding hydrogens is 397 g/mol. The highest BCUT2D eigenvalue weighted by molar-refractivity contribution is 5.85. The largest absolute Gasteiger partial charge is 0.356 e. The molecule has 156 valence electrons. The van der Waals surface area contributed by atoms with Crippen LogP contribution in [0.3, 0.4) is 0 Å². The predicted octanol–water partition coefficient (Wildman–Crippen LogP) is 3.23. The lowest BCUT2D eigenvalue weighted by Crippen LogP contribution is -2.36. The van der Waals surface area contributed by atoms with E-state index in [-0.39, 0.29) is 42.7 Å². The van der Waals surface area contributed by atoms with Gasteiger partial charge < -0.3 is 15.6 Å². The number of nitrogens with one attached hydrogen (secondary N) is 1. The van der Waals surface area contributed by atoms with Crippen molar-refractivity contribution in [1.82, 2.24) is 20.1 Å². The lowest BCUT2D eigenvalue weighted by Gasteiger charge is -2.19. The van der Waals surface area contributed by atoms with Gasteiger partial charge >= 0.3 is 0 Å². The minimum Gasteiger partial charge on any atom is -0.356 e. The van der Waals surface area contributed by atoms with E-state index in [0.29, 0.717) is 6.54 Å². The van der Waals surface area contributed by atoms with Crippen LogP contribution in [0.5, 0.6) is 0 Å². The molecular formula is C20H31Cl2N5O. The fourth-order valence-corrected chi connectivity index (χ4v) is 3.48. The molecule has 0 aliphatic carbocycles. The molecule has 3 rings (SSSR count). The van der Waals surface area contributed by atoms with Crippen molar-refractivity contribution in [3.05, 3.63) is 47.5 Å². The standard InChI is InChI=1S/C20H29N5O.2ClH/c1-15(19(21)16-9-4-2-5-10-16)20(26)22-13-8-12-18-24-23-17-11-6-3-7-14-25(17)18;;/h2,4-5,9-10,15,19H,3,6-8,11-14,21H2,1H3,(H,22,26);2*1H. The van der Waals surface area contributed by atoms with E-state index in [0.717, 1.165) is 43.0 Å². The minimum atomic E-state index is -0.288. The van der Waals surface area contributed by atoms with Crippen LogP contribution in [0.15, 0.2) is 30.3 Å².